The Labute approximate surface area is 111 Å². The fourth-order valence-corrected chi connectivity index (χ4v) is 1.93. The number of methoxy groups -OCH3 is 1. The maximum Gasteiger partial charge on any atom is 0.248 e. The van der Waals surface area contributed by atoms with Crippen LogP contribution >= 0.6 is 0 Å². The summed E-state index contributed by atoms with van der Waals surface area (Å²) in [7, 11) is 1.46. The van der Waals surface area contributed by atoms with Crippen molar-refractivity contribution in [2.75, 3.05) is 39.9 Å². The molecule has 0 radical (unpaired) electrons. The molecule has 0 saturated carbocycles. The van der Waals surface area contributed by atoms with Crippen LogP contribution in [0, 0.1) is 0 Å². The van der Waals surface area contributed by atoms with Crippen molar-refractivity contribution in [3.05, 3.63) is 0 Å². The third-order valence-corrected chi connectivity index (χ3v) is 2.95. The molecule has 4 N–H and O–H groups in total. The number of hydrogen-bond donors (Lipinski definition) is 2. The van der Waals surface area contributed by atoms with Gasteiger partial charge in [0.05, 0.1) is 12.5 Å². The lowest BCUT2D eigenvalue weighted by Gasteiger charge is -2.35. The van der Waals surface area contributed by atoms with Gasteiger partial charge in [0.1, 0.15) is 6.61 Å². The summed E-state index contributed by atoms with van der Waals surface area (Å²) in [5.41, 5.74) is 10.6. The average molecular weight is 272 g/mol. The molecular formula is C11H20N4O4. The summed E-state index contributed by atoms with van der Waals surface area (Å²) in [5.74, 6) is -1.01. The summed E-state index contributed by atoms with van der Waals surface area (Å²) >= 11 is 0. The van der Waals surface area contributed by atoms with Crippen molar-refractivity contribution in [3.63, 3.8) is 0 Å². The van der Waals surface area contributed by atoms with E-state index < -0.39 is 11.9 Å². The Hall–Kier alpha value is -1.67. The van der Waals surface area contributed by atoms with Gasteiger partial charge in [-0.3, -0.25) is 14.4 Å². The van der Waals surface area contributed by atoms with Gasteiger partial charge in [-0.05, 0) is 0 Å². The monoisotopic (exact) mass is 272 g/mol. The molecule has 1 aliphatic heterocycles. The summed E-state index contributed by atoms with van der Waals surface area (Å²) in [6, 6.07) is -0.904. The number of piperazine rings is 1. The van der Waals surface area contributed by atoms with Crippen LogP contribution in [0.3, 0.4) is 0 Å². The van der Waals surface area contributed by atoms with E-state index in [1.807, 2.05) is 0 Å². The van der Waals surface area contributed by atoms with Crippen LogP contribution in [0.25, 0.3) is 0 Å². The minimum atomic E-state index is -0.904. The third kappa shape index (κ3) is 4.49. The van der Waals surface area contributed by atoms with Crippen LogP contribution in [0.2, 0.25) is 0 Å². The minimum absolute atomic E-state index is 0.0368. The fourth-order valence-electron chi connectivity index (χ4n) is 1.93. The van der Waals surface area contributed by atoms with E-state index in [1.54, 1.807) is 9.80 Å². The van der Waals surface area contributed by atoms with Gasteiger partial charge >= 0.3 is 0 Å². The Morgan fingerprint density at radius 2 is 1.68 bits per heavy atom. The van der Waals surface area contributed by atoms with Gasteiger partial charge in [-0.15, -0.1) is 0 Å². The SMILES string of the molecule is COCC(=O)N1CCN(C(=O)C(N)CC(N)=O)CC1. The molecule has 0 aromatic heterocycles. The van der Waals surface area contributed by atoms with Gasteiger partial charge in [0.15, 0.2) is 0 Å². The summed E-state index contributed by atoms with van der Waals surface area (Å²) in [6.07, 6.45) is -0.165. The first kappa shape index (κ1) is 15.4. The molecule has 19 heavy (non-hydrogen) atoms. The predicted octanol–water partition coefficient (Wildman–Crippen LogP) is -2.49. The molecular weight excluding hydrogens is 252 g/mol. The maximum atomic E-state index is 11.9. The highest BCUT2D eigenvalue weighted by Crippen LogP contribution is 2.05. The molecule has 0 aromatic carbocycles. The van der Waals surface area contributed by atoms with E-state index in [1.165, 1.54) is 7.11 Å². The van der Waals surface area contributed by atoms with E-state index in [4.69, 9.17) is 16.2 Å². The van der Waals surface area contributed by atoms with Gasteiger partial charge in [0, 0.05) is 33.3 Å². The zero-order valence-corrected chi connectivity index (χ0v) is 11.0. The van der Waals surface area contributed by atoms with Crippen molar-refractivity contribution < 1.29 is 19.1 Å². The lowest BCUT2D eigenvalue weighted by Crippen LogP contribution is -2.55. The first-order valence-electron chi connectivity index (χ1n) is 6.05. The van der Waals surface area contributed by atoms with E-state index in [-0.39, 0.29) is 24.8 Å². The molecule has 1 fully saturated rings. The van der Waals surface area contributed by atoms with Crippen LogP contribution in [-0.4, -0.2) is 73.5 Å². The molecule has 0 aliphatic carbocycles. The predicted molar refractivity (Wildman–Crippen MR) is 66.8 cm³/mol. The van der Waals surface area contributed by atoms with Crippen LogP contribution in [-0.2, 0) is 19.1 Å². The van der Waals surface area contributed by atoms with E-state index in [9.17, 15) is 14.4 Å². The van der Waals surface area contributed by atoms with Crippen molar-refractivity contribution in [3.8, 4) is 0 Å². The van der Waals surface area contributed by atoms with Crippen molar-refractivity contribution in [2.24, 2.45) is 11.5 Å². The van der Waals surface area contributed by atoms with E-state index in [0.29, 0.717) is 26.2 Å². The lowest BCUT2D eigenvalue weighted by atomic mass is 10.1. The molecule has 0 bridgehead atoms. The normalized spacial score (nSPS) is 17.2. The number of amides is 3. The van der Waals surface area contributed by atoms with E-state index >= 15 is 0 Å². The quantitative estimate of drug-likeness (QED) is 0.573. The topological polar surface area (TPSA) is 119 Å². The third-order valence-electron chi connectivity index (χ3n) is 2.95. The second-order valence-electron chi connectivity index (χ2n) is 4.42. The van der Waals surface area contributed by atoms with Gasteiger partial charge in [0.25, 0.3) is 0 Å². The van der Waals surface area contributed by atoms with Crippen molar-refractivity contribution in [1.29, 1.82) is 0 Å². The van der Waals surface area contributed by atoms with Crippen molar-refractivity contribution >= 4 is 17.7 Å². The molecule has 108 valence electrons. The molecule has 1 rings (SSSR count). The molecule has 3 amide bonds. The highest BCUT2D eigenvalue weighted by atomic mass is 16.5. The Morgan fingerprint density at radius 1 is 1.16 bits per heavy atom. The highest BCUT2D eigenvalue weighted by molar-refractivity contribution is 5.87. The Kier molecular flexibility index (Phi) is 5.71. The lowest BCUT2D eigenvalue weighted by molar-refractivity contribution is -0.142. The van der Waals surface area contributed by atoms with Gasteiger partial charge in [-0.1, -0.05) is 0 Å². The van der Waals surface area contributed by atoms with Gasteiger partial charge in [-0.2, -0.15) is 0 Å². The first-order valence-corrected chi connectivity index (χ1v) is 6.05. The van der Waals surface area contributed by atoms with Gasteiger partial charge in [-0.25, -0.2) is 0 Å². The Morgan fingerprint density at radius 3 is 2.16 bits per heavy atom. The van der Waals surface area contributed by atoms with E-state index in [2.05, 4.69) is 0 Å². The number of primary amides is 1. The van der Waals surface area contributed by atoms with Crippen LogP contribution < -0.4 is 11.5 Å². The molecule has 0 aromatic rings. The summed E-state index contributed by atoms with van der Waals surface area (Å²) in [4.78, 5) is 37.4. The molecule has 0 spiro atoms. The highest BCUT2D eigenvalue weighted by Gasteiger charge is 2.27. The second kappa shape index (κ2) is 7.05. The minimum Gasteiger partial charge on any atom is -0.375 e. The van der Waals surface area contributed by atoms with Gasteiger partial charge < -0.3 is 26.0 Å². The number of ether oxygens (including phenoxy) is 1. The fraction of sp³-hybridized carbons (Fsp3) is 0.727. The molecule has 1 heterocycles. The molecule has 1 saturated heterocycles. The zero-order valence-electron chi connectivity index (χ0n) is 11.0. The van der Waals surface area contributed by atoms with Crippen LogP contribution in [0.4, 0.5) is 0 Å². The first-order chi connectivity index (χ1) is 8.95. The maximum absolute atomic E-state index is 11.9. The number of nitrogens with zero attached hydrogens (tertiary/aromatic N) is 2. The summed E-state index contributed by atoms with van der Waals surface area (Å²) < 4.78 is 4.77. The number of hydrogen-bond acceptors (Lipinski definition) is 5. The number of rotatable bonds is 5. The van der Waals surface area contributed by atoms with Crippen LogP contribution in [0.1, 0.15) is 6.42 Å². The largest absolute Gasteiger partial charge is 0.375 e. The second-order valence-corrected chi connectivity index (χ2v) is 4.42. The molecule has 1 aliphatic rings. The summed E-state index contributed by atoms with van der Waals surface area (Å²) in [5, 5.41) is 0. The smallest absolute Gasteiger partial charge is 0.248 e. The van der Waals surface area contributed by atoms with Crippen LogP contribution in [0.5, 0.6) is 0 Å². The molecule has 1 atom stereocenters. The van der Waals surface area contributed by atoms with Gasteiger partial charge in [0.2, 0.25) is 17.7 Å². The van der Waals surface area contributed by atoms with Crippen molar-refractivity contribution in [2.45, 2.75) is 12.5 Å². The molecule has 1 unspecified atom stereocenters. The Balaban J connectivity index is 2.43. The standard InChI is InChI=1S/C11H20N4O4/c1-19-7-10(17)14-2-4-15(5-3-14)11(18)8(12)6-9(13)16/h8H,2-7,12H2,1H3,(H2,13,16). The number of nitrogens with two attached hydrogens (primary N) is 2. The number of carbonyl (C=O) groups excluding carboxylic acids is 3. The van der Waals surface area contributed by atoms with E-state index in [0.717, 1.165) is 0 Å². The Bertz CT molecular complexity index is 353. The molecule has 8 nitrogen and oxygen atoms in total. The van der Waals surface area contributed by atoms with Crippen LogP contribution in [0.15, 0.2) is 0 Å². The average Bonchev–Trinajstić information content (AvgIpc) is 2.37. The zero-order chi connectivity index (χ0) is 14.4. The summed E-state index contributed by atoms with van der Waals surface area (Å²) in [6.45, 7) is 1.73. The molecule has 8 heteroatoms. The van der Waals surface area contributed by atoms with Crippen molar-refractivity contribution in [1.82, 2.24) is 9.80 Å². The number of carbonyl (C=O) groups is 3.